The van der Waals surface area contributed by atoms with Gasteiger partial charge in [-0.3, -0.25) is 4.79 Å². The number of carbonyl (C=O) groups is 1. The lowest BCUT2D eigenvalue weighted by molar-refractivity contribution is 0.0955. The van der Waals surface area contributed by atoms with Crippen LogP contribution >= 0.6 is 11.8 Å². The van der Waals surface area contributed by atoms with Gasteiger partial charge in [0.2, 0.25) is 0 Å². The van der Waals surface area contributed by atoms with E-state index in [2.05, 4.69) is 17.2 Å². The summed E-state index contributed by atoms with van der Waals surface area (Å²) < 4.78 is 13.1. The van der Waals surface area contributed by atoms with E-state index in [1.54, 1.807) is 11.8 Å². The second-order valence-electron chi connectivity index (χ2n) is 3.40. The Labute approximate surface area is 110 Å². The minimum Gasteiger partial charge on any atom is -0.384 e. The summed E-state index contributed by atoms with van der Waals surface area (Å²) in [5.41, 5.74) is 0.601. The zero-order chi connectivity index (χ0) is 13.4. The number of halogens is 1. The molecule has 0 aliphatic heterocycles. The Balaban J connectivity index is 2.90. The van der Waals surface area contributed by atoms with Crippen LogP contribution in [0.15, 0.2) is 18.2 Å². The number of aliphatic hydroxyl groups excluding tert-OH is 1. The van der Waals surface area contributed by atoms with Gasteiger partial charge in [0.1, 0.15) is 12.4 Å². The molecule has 5 heteroatoms. The van der Waals surface area contributed by atoms with E-state index in [0.717, 1.165) is 11.8 Å². The summed E-state index contributed by atoms with van der Waals surface area (Å²) >= 11 is 1.61. The molecule has 0 atom stereocenters. The molecular weight excluding hydrogens is 253 g/mol. The molecule has 1 aromatic carbocycles. The van der Waals surface area contributed by atoms with Crippen LogP contribution in [0.2, 0.25) is 0 Å². The van der Waals surface area contributed by atoms with E-state index in [-0.39, 0.29) is 18.1 Å². The zero-order valence-corrected chi connectivity index (χ0v) is 10.8. The van der Waals surface area contributed by atoms with E-state index in [1.807, 2.05) is 6.26 Å². The third-order valence-corrected chi connectivity index (χ3v) is 2.73. The van der Waals surface area contributed by atoms with Gasteiger partial charge in [-0.15, -0.1) is 0 Å². The smallest absolute Gasteiger partial charge is 0.252 e. The van der Waals surface area contributed by atoms with Crippen LogP contribution in [-0.4, -0.2) is 36.2 Å². The molecule has 96 valence electrons. The van der Waals surface area contributed by atoms with Gasteiger partial charge in [0.15, 0.2) is 0 Å². The summed E-state index contributed by atoms with van der Waals surface area (Å²) in [5, 5.41) is 11.3. The average Bonchev–Trinajstić information content (AvgIpc) is 2.37. The summed E-state index contributed by atoms with van der Waals surface area (Å²) in [4.78, 5) is 11.8. The lowest BCUT2D eigenvalue weighted by Gasteiger charge is -2.06. The average molecular weight is 267 g/mol. The van der Waals surface area contributed by atoms with Crippen molar-refractivity contribution in [2.24, 2.45) is 0 Å². The van der Waals surface area contributed by atoms with E-state index < -0.39 is 5.82 Å². The molecule has 0 saturated carbocycles. The normalized spacial score (nSPS) is 9.50. The van der Waals surface area contributed by atoms with Crippen LogP contribution in [0, 0.1) is 17.7 Å². The highest BCUT2D eigenvalue weighted by atomic mass is 32.2. The SMILES string of the molecule is CSCCNC(=O)c1cc(F)ccc1C#CCO. The van der Waals surface area contributed by atoms with Gasteiger partial charge in [0.25, 0.3) is 5.91 Å². The highest BCUT2D eigenvalue weighted by Crippen LogP contribution is 2.10. The number of amides is 1. The maximum Gasteiger partial charge on any atom is 0.252 e. The van der Waals surface area contributed by atoms with Gasteiger partial charge in [-0.25, -0.2) is 4.39 Å². The topological polar surface area (TPSA) is 49.3 Å². The Morgan fingerprint density at radius 2 is 2.33 bits per heavy atom. The molecule has 0 saturated heterocycles. The molecule has 18 heavy (non-hydrogen) atoms. The third-order valence-electron chi connectivity index (χ3n) is 2.12. The standard InChI is InChI=1S/C13H14FNO2S/c1-18-8-6-15-13(17)12-9-11(14)5-4-10(12)3-2-7-16/h4-5,9,16H,6-8H2,1H3,(H,15,17). The van der Waals surface area contributed by atoms with Crippen molar-refractivity contribution in [2.45, 2.75) is 0 Å². The Bertz CT molecular complexity index is 480. The van der Waals surface area contributed by atoms with E-state index in [9.17, 15) is 9.18 Å². The zero-order valence-electron chi connectivity index (χ0n) is 10.00. The number of hydrogen-bond acceptors (Lipinski definition) is 3. The van der Waals surface area contributed by atoms with Crippen LogP contribution in [0.25, 0.3) is 0 Å². The second-order valence-corrected chi connectivity index (χ2v) is 4.38. The van der Waals surface area contributed by atoms with E-state index >= 15 is 0 Å². The highest BCUT2D eigenvalue weighted by Gasteiger charge is 2.10. The van der Waals surface area contributed by atoms with Crippen LogP contribution in [-0.2, 0) is 0 Å². The third kappa shape index (κ3) is 4.40. The van der Waals surface area contributed by atoms with E-state index in [1.165, 1.54) is 12.1 Å². The number of hydrogen-bond donors (Lipinski definition) is 2. The first kappa shape index (κ1) is 14.6. The minimum atomic E-state index is -0.487. The first-order chi connectivity index (χ1) is 8.69. The van der Waals surface area contributed by atoms with Crippen molar-refractivity contribution in [3.63, 3.8) is 0 Å². The van der Waals surface area contributed by atoms with Gasteiger partial charge in [-0.05, 0) is 24.5 Å². The molecule has 0 heterocycles. The van der Waals surface area contributed by atoms with Crippen molar-refractivity contribution in [1.29, 1.82) is 0 Å². The molecule has 3 nitrogen and oxygen atoms in total. The summed E-state index contributed by atoms with van der Waals surface area (Å²) in [7, 11) is 0. The second kappa shape index (κ2) is 7.75. The quantitative estimate of drug-likeness (QED) is 0.638. The molecule has 0 aliphatic carbocycles. The van der Waals surface area contributed by atoms with Crippen LogP contribution in [0.5, 0.6) is 0 Å². The molecule has 0 radical (unpaired) electrons. The fourth-order valence-corrected chi connectivity index (χ4v) is 1.62. The van der Waals surface area contributed by atoms with Gasteiger partial charge < -0.3 is 10.4 Å². The molecule has 0 bridgehead atoms. The molecule has 0 unspecified atom stereocenters. The first-order valence-corrected chi connectivity index (χ1v) is 6.75. The van der Waals surface area contributed by atoms with E-state index in [4.69, 9.17) is 5.11 Å². The Morgan fingerprint density at radius 1 is 1.56 bits per heavy atom. The number of aliphatic hydroxyl groups is 1. The Kier molecular flexibility index (Phi) is 6.26. The van der Waals surface area contributed by atoms with Gasteiger partial charge >= 0.3 is 0 Å². The highest BCUT2D eigenvalue weighted by molar-refractivity contribution is 7.98. The number of nitrogens with one attached hydrogen (secondary N) is 1. The molecule has 1 amide bonds. The molecule has 1 rings (SSSR count). The molecule has 0 aromatic heterocycles. The van der Waals surface area contributed by atoms with Crippen LogP contribution in [0.3, 0.4) is 0 Å². The largest absolute Gasteiger partial charge is 0.384 e. The van der Waals surface area contributed by atoms with Crippen molar-refractivity contribution >= 4 is 17.7 Å². The molecular formula is C13H14FNO2S. The summed E-state index contributed by atoms with van der Waals surface area (Å²) in [6, 6.07) is 3.82. The summed E-state index contributed by atoms with van der Waals surface area (Å²) in [5.74, 6) is 5.02. The first-order valence-electron chi connectivity index (χ1n) is 5.35. The summed E-state index contributed by atoms with van der Waals surface area (Å²) in [6.07, 6.45) is 1.94. The van der Waals surface area contributed by atoms with Gasteiger partial charge in [0, 0.05) is 17.9 Å². The lowest BCUT2D eigenvalue weighted by atomic mass is 10.1. The molecule has 1 aromatic rings. The fraction of sp³-hybridized carbons (Fsp3) is 0.308. The van der Waals surface area contributed by atoms with E-state index in [0.29, 0.717) is 12.1 Å². The minimum absolute atomic E-state index is 0.192. The van der Waals surface area contributed by atoms with Crippen molar-refractivity contribution in [2.75, 3.05) is 25.2 Å². The van der Waals surface area contributed by atoms with Crippen molar-refractivity contribution in [3.05, 3.63) is 35.1 Å². The van der Waals surface area contributed by atoms with Crippen molar-refractivity contribution in [3.8, 4) is 11.8 Å². The maximum absolute atomic E-state index is 13.1. The van der Waals surface area contributed by atoms with Crippen LogP contribution < -0.4 is 5.32 Å². The number of benzene rings is 1. The maximum atomic E-state index is 13.1. The predicted octanol–water partition coefficient (Wildman–Crippen LogP) is 1.26. The van der Waals surface area contributed by atoms with Crippen molar-refractivity contribution in [1.82, 2.24) is 5.32 Å². The van der Waals surface area contributed by atoms with Crippen LogP contribution in [0.1, 0.15) is 15.9 Å². The number of rotatable bonds is 4. The summed E-state index contributed by atoms with van der Waals surface area (Å²) in [6.45, 7) is 0.217. The van der Waals surface area contributed by atoms with Crippen LogP contribution in [0.4, 0.5) is 4.39 Å². The monoisotopic (exact) mass is 267 g/mol. The van der Waals surface area contributed by atoms with Gasteiger partial charge in [0.05, 0.1) is 5.56 Å². The molecule has 0 spiro atoms. The molecule has 0 fully saturated rings. The molecule has 0 aliphatic rings. The lowest BCUT2D eigenvalue weighted by Crippen LogP contribution is -2.26. The Hall–Kier alpha value is -1.51. The predicted molar refractivity (Wildman–Crippen MR) is 71.1 cm³/mol. The fourth-order valence-electron chi connectivity index (χ4n) is 1.31. The number of thioether (sulfide) groups is 1. The van der Waals surface area contributed by atoms with Gasteiger partial charge in [-0.2, -0.15) is 11.8 Å². The Morgan fingerprint density at radius 3 is 3.00 bits per heavy atom. The molecule has 2 N–H and O–H groups in total. The number of carbonyl (C=O) groups excluding carboxylic acids is 1. The van der Waals surface area contributed by atoms with Crippen molar-refractivity contribution < 1.29 is 14.3 Å². The van der Waals surface area contributed by atoms with Gasteiger partial charge in [-0.1, -0.05) is 11.8 Å².